The van der Waals surface area contributed by atoms with Crippen LogP contribution in [0, 0.1) is 0 Å². The van der Waals surface area contributed by atoms with E-state index in [0.717, 1.165) is 6.42 Å². The Morgan fingerprint density at radius 2 is 2.18 bits per heavy atom. The fourth-order valence-corrected chi connectivity index (χ4v) is 0.352. The van der Waals surface area contributed by atoms with Crippen LogP contribution in [0.2, 0.25) is 0 Å². The molecule has 0 rings (SSSR count). The minimum atomic E-state index is -0.909. The van der Waals surface area contributed by atoms with Crippen LogP contribution in [-0.4, -0.2) is 23.2 Å². The van der Waals surface area contributed by atoms with E-state index in [1.54, 1.807) is 0 Å². The Hall–Kier alpha value is -0.610. The molecule has 0 aliphatic heterocycles. The van der Waals surface area contributed by atoms with E-state index in [0.29, 0.717) is 0 Å². The first-order valence-electron chi connectivity index (χ1n) is 3.71. The Balaban J connectivity index is 3.45. The molecule has 2 N–H and O–H groups in total. The van der Waals surface area contributed by atoms with Gasteiger partial charge in [-0.1, -0.05) is 6.92 Å². The zero-order chi connectivity index (χ0) is 8.85. The zero-order valence-electron chi connectivity index (χ0n) is 7.13. The van der Waals surface area contributed by atoms with Gasteiger partial charge < -0.3 is 5.11 Å². The quantitative estimate of drug-likeness (QED) is 0.585. The average Bonchev–Trinajstić information content (AvgIpc) is 1.99. The SMILES string of the molecule is CCC(C)ONC(C)C(=O)O. The van der Waals surface area contributed by atoms with Crippen molar-refractivity contribution < 1.29 is 14.7 Å². The summed E-state index contributed by atoms with van der Waals surface area (Å²) in [4.78, 5) is 15.2. The van der Waals surface area contributed by atoms with Gasteiger partial charge in [-0.3, -0.25) is 9.63 Å². The average molecular weight is 161 g/mol. The van der Waals surface area contributed by atoms with Gasteiger partial charge in [0.25, 0.3) is 0 Å². The zero-order valence-corrected chi connectivity index (χ0v) is 7.13. The van der Waals surface area contributed by atoms with Gasteiger partial charge in [0.15, 0.2) is 0 Å². The van der Waals surface area contributed by atoms with Crippen LogP contribution in [0.3, 0.4) is 0 Å². The lowest BCUT2D eigenvalue weighted by atomic mass is 10.3. The maximum Gasteiger partial charge on any atom is 0.322 e. The lowest BCUT2D eigenvalue weighted by Crippen LogP contribution is -2.35. The largest absolute Gasteiger partial charge is 0.480 e. The molecule has 0 heterocycles. The highest BCUT2D eigenvalue weighted by atomic mass is 16.7. The fourth-order valence-electron chi connectivity index (χ4n) is 0.352. The van der Waals surface area contributed by atoms with Crippen molar-refractivity contribution in [2.45, 2.75) is 39.3 Å². The molecule has 66 valence electrons. The van der Waals surface area contributed by atoms with Crippen LogP contribution in [0.4, 0.5) is 0 Å². The summed E-state index contributed by atoms with van der Waals surface area (Å²) >= 11 is 0. The molecule has 4 heteroatoms. The third-order valence-electron chi connectivity index (χ3n) is 1.39. The number of carbonyl (C=O) groups is 1. The van der Waals surface area contributed by atoms with E-state index in [2.05, 4.69) is 5.48 Å². The molecule has 0 radical (unpaired) electrons. The molecule has 0 amide bonds. The van der Waals surface area contributed by atoms with E-state index in [1.165, 1.54) is 6.92 Å². The van der Waals surface area contributed by atoms with E-state index in [-0.39, 0.29) is 6.10 Å². The fraction of sp³-hybridized carbons (Fsp3) is 0.857. The first-order valence-corrected chi connectivity index (χ1v) is 3.71. The third-order valence-corrected chi connectivity index (χ3v) is 1.39. The van der Waals surface area contributed by atoms with Gasteiger partial charge in [-0.2, -0.15) is 5.48 Å². The molecular weight excluding hydrogens is 146 g/mol. The Morgan fingerprint density at radius 3 is 2.55 bits per heavy atom. The number of carboxylic acid groups (broad SMARTS) is 1. The van der Waals surface area contributed by atoms with E-state index < -0.39 is 12.0 Å². The third kappa shape index (κ3) is 4.75. The number of hydrogen-bond donors (Lipinski definition) is 2. The standard InChI is InChI=1S/C7H15NO3/c1-4-5(2)11-8-6(3)7(9)10/h5-6,8H,4H2,1-3H3,(H,9,10). The molecule has 0 bridgehead atoms. The van der Waals surface area contributed by atoms with Crippen molar-refractivity contribution in [3.8, 4) is 0 Å². The van der Waals surface area contributed by atoms with Gasteiger partial charge in [-0.25, -0.2) is 0 Å². The van der Waals surface area contributed by atoms with E-state index in [9.17, 15) is 4.79 Å². The number of aliphatic carboxylic acids is 1. The Labute approximate surface area is 66.5 Å². The summed E-state index contributed by atoms with van der Waals surface area (Å²) in [6.45, 7) is 5.38. The summed E-state index contributed by atoms with van der Waals surface area (Å²) in [5, 5.41) is 8.43. The molecule has 4 nitrogen and oxygen atoms in total. The lowest BCUT2D eigenvalue weighted by Gasteiger charge is -2.13. The van der Waals surface area contributed by atoms with Crippen molar-refractivity contribution in [3.05, 3.63) is 0 Å². The molecule has 2 unspecified atom stereocenters. The first kappa shape index (κ1) is 10.4. The summed E-state index contributed by atoms with van der Waals surface area (Å²) in [7, 11) is 0. The predicted molar refractivity (Wildman–Crippen MR) is 41.1 cm³/mol. The number of rotatable bonds is 5. The smallest absolute Gasteiger partial charge is 0.322 e. The van der Waals surface area contributed by atoms with Gasteiger partial charge in [-0.15, -0.1) is 0 Å². The molecule has 0 aliphatic rings. The first-order chi connectivity index (χ1) is 5.07. The van der Waals surface area contributed by atoms with Crippen LogP contribution in [0.5, 0.6) is 0 Å². The van der Waals surface area contributed by atoms with Crippen molar-refractivity contribution in [1.29, 1.82) is 0 Å². The van der Waals surface area contributed by atoms with Crippen molar-refractivity contribution in [3.63, 3.8) is 0 Å². The molecular formula is C7H15NO3. The highest BCUT2D eigenvalue weighted by molar-refractivity contribution is 5.72. The number of carboxylic acids is 1. The van der Waals surface area contributed by atoms with Crippen LogP contribution in [-0.2, 0) is 9.63 Å². The number of hydroxylamine groups is 1. The molecule has 0 aromatic rings. The normalized spacial score (nSPS) is 15.9. The van der Waals surface area contributed by atoms with Crippen LogP contribution in [0.25, 0.3) is 0 Å². The van der Waals surface area contributed by atoms with Crippen molar-refractivity contribution in [2.24, 2.45) is 0 Å². The minimum absolute atomic E-state index is 0.0526. The van der Waals surface area contributed by atoms with Gasteiger partial charge in [0.1, 0.15) is 6.04 Å². The summed E-state index contributed by atoms with van der Waals surface area (Å²) in [5.74, 6) is -0.909. The van der Waals surface area contributed by atoms with Gasteiger partial charge >= 0.3 is 5.97 Å². The Bertz CT molecular complexity index is 127. The van der Waals surface area contributed by atoms with Crippen LogP contribution >= 0.6 is 0 Å². The molecule has 0 saturated carbocycles. The molecule has 11 heavy (non-hydrogen) atoms. The maximum atomic E-state index is 10.3. The van der Waals surface area contributed by atoms with E-state index >= 15 is 0 Å². The molecule has 0 aromatic heterocycles. The highest BCUT2D eigenvalue weighted by Crippen LogP contribution is 1.93. The molecule has 2 atom stereocenters. The van der Waals surface area contributed by atoms with Crippen molar-refractivity contribution in [1.82, 2.24) is 5.48 Å². The second-order valence-corrected chi connectivity index (χ2v) is 2.51. The van der Waals surface area contributed by atoms with Crippen LogP contribution in [0.15, 0.2) is 0 Å². The molecule has 0 fully saturated rings. The van der Waals surface area contributed by atoms with Crippen molar-refractivity contribution in [2.75, 3.05) is 0 Å². The van der Waals surface area contributed by atoms with Gasteiger partial charge in [-0.05, 0) is 20.3 Å². The predicted octanol–water partition coefficient (Wildman–Crippen LogP) is 0.779. The van der Waals surface area contributed by atoms with Crippen LogP contribution < -0.4 is 5.48 Å². The van der Waals surface area contributed by atoms with Gasteiger partial charge in [0.2, 0.25) is 0 Å². The summed E-state index contributed by atoms with van der Waals surface area (Å²) in [6, 6.07) is -0.649. The van der Waals surface area contributed by atoms with E-state index in [4.69, 9.17) is 9.94 Å². The second-order valence-electron chi connectivity index (χ2n) is 2.51. The summed E-state index contributed by atoms with van der Waals surface area (Å²) < 4.78 is 0. The molecule has 0 saturated heterocycles. The lowest BCUT2D eigenvalue weighted by molar-refractivity contribution is -0.145. The molecule has 0 aromatic carbocycles. The van der Waals surface area contributed by atoms with Crippen LogP contribution in [0.1, 0.15) is 27.2 Å². The van der Waals surface area contributed by atoms with Crippen molar-refractivity contribution >= 4 is 5.97 Å². The summed E-state index contributed by atoms with van der Waals surface area (Å²) in [6.07, 6.45) is 0.913. The Kier molecular flexibility index (Phi) is 4.81. The van der Waals surface area contributed by atoms with E-state index in [1.807, 2.05) is 13.8 Å². The molecule has 0 aliphatic carbocycles. The molecule has 0 spiro atoms. The Morgan fingerprint density at radius 1 is 1.64 bits per heavy atom. The monoisotopic (exact) mass is 161 g/mol. The maximum absolute atomic E-state index is 10.3. The highest BCUT2D eigenvalue weighted by Gasteiger charge is 2.10. The number of nitrogens with one attached hydrogen (secondary N) is 1. The number of hydrogen-bond acceptors (Lipinski definition) is 3. The van der Waals surface area contributed by atoms with Gasteiger partial charge in [0.05, 0.1) is 6.10 Å². The minimum Gasteiger partial charge on any atom is -0.480 e. The second kappa shape index (κ2) is 5.09. The summed E-state index contributed by atoms with van der Waals surface area (Å²) in [5.41, 5.74) is 2.43. The topological polar surface area (TPSA) is 58.6 Å². The van der Waals surface area contributed by atoms with Gasteiger partial charge in [0, 0.05) is 0 Å².